The Morgan fingerprint density at radius 1 is 1.28 bits per heavy atom. The number of carbonyl (C=O) groups is 1. The summed E-state index contributed by atoms with van der Waals surface area (Å²) in [6.45, 7) is 11.8. The molecule has 158 valence electrons. The summed E-state index contributed by atoms with van der Waals surface area (Å²) in [7, 11) is 0. The van der Waals surface area contributed by atoms with Crippen LogP contribution in [0, 0.1) is 5.92 Å². The van der Waals surface area contributed by atoms with Crippen molar-refractivity contribution in [3.8, 4) is 11.5 Å². The van der Waals surface area contributed by atoms with Crippen molar-refractivity contribution in [2.75, 3.05) is 13.1 Å². The number of aryl methyl sites for hydroxylation is 1. The summed E-state index contributed by atoms with van der Waals surface area (Å²) < 4.78 is 0. The van der Waals surface area contributed by atoms with Gasteiger partial charge in [0.2, 0.25) is 0 Å². The van der Waals surface area contributed by atoms with Crippen LogP contribution in [0.25, 0.3) is 0 Å². The van der Waals surface area contributed by atoms with E-state index in [1.807, 2.05) is 6.92 Å². The van der Waals surface area contributed by atoms with Gasteiger partial charge in [-0.1, -0.05) is 43.6 Å². The van der Waals surface area contributed by atoms with Gasteiger partial charge in [-0.15, -0.1) is 0 Å². The van der Waals surface area contributed by atoms with Crippen molar-refractivity contribution in [2.45, 2.75) is 71.6 Å². The van der Waals surface area contributed by atoms with E-state index in [1.165, 1.54) is 5.57 Å². The summed E-state index contributed by atoms with van der Waals surface area (Å²) in [6, 6.07) is 1.73. The lowest BCUT2D eigenvalue weighted by molar-refractivity contribution is 0.0647. The lowest BCUT2D eigenvalue weighted by atomic mass is 9.73. The number of aromatic hydroxyl groups is 2. The molecule has 1 aliphatic heterocycles. The van der Waals surface area contributed by atoms with Crippen LogP contribution < -0.4 is 0 Å². The van der Waals surface area contributed by atoms with E-state index in [-0.39, 0.29) is 29.2 Å². The molecule has 2 aliphatic rings. The monoisotopic (exact) mass is 397 g/mol. The normalized spacial score (nSPS) is 21.5. The smallest absolute Gasteiger partial charge is 0.257 e. The number of benzene rings is 1. The number of phenolic OH excluding ortho intramolecular Hbond substituents is 2. The van der Waals surface area contributed by atoms with Crippen molar-refractivity contribution in [1.29, 1.82) is 0 Å². The van der Waals surface area contributed by atoms with E-state index < -0.39 is 0 Å². The minimum absolute atomic E-state index is 0.0319. The fourth-order valence-corrected chi connectivity index (χ4v) is 4.64. The summed E-state index contributed by atoms with van der Waals surface area (Å²) in [5, 5.41) is 22.3. The van der Waals surface area contributed by atoms with Gasteiger partial charge in [-0.3, -0.25) is 4.79 Å². The third-order valence-corrected chi connectivity index (χ3v) is 6.52. The van der Waals surface area contributed by atoms with Crippen LogP contribution >= 0.6 is 0 Å². The number of hydrogen-bond acceptors (Lipinski definition) is 3. The zero-order valence-electron chi connectivity index (χ0n) is 18.1. The molecule has 1 amide bonds. The quantitative estimate of drug-likeness (QED) is 0.459. The molecule has 2 N–H and O–H groups in total. The highest BCUT2D eigenvalue weighted by Gasteiger charge is 2.34. The summed E-state index contributed by atoms with van der Waals surface area (Å²) in [5.41, 5.74) is 3.93. The summed E-state index contributed by atoms with van der Waals surface area (Å²) >= 11 is 0. The van der Waals surface area contributed by atoms with E-state index in [4.69, 9.17) is 0 Å². The van der Waals surface area contributed by atoms with Gasteiger partial charge in [0.15, 0.2) is 0 Å². The van der Waals surface area contributed by atoms with Crippen molar-refractivity contribution in [2.24, 2.45) is 5.92 Å². The Morgan fingerprint density at radius 3 is 2.59 bits per heavy atom. The number of hydrogen-bond donors (Lipinski definition) is 2. The molecule has 0 bridgehead atoms. The van der Waals surface area contributed by atoms with Gasteiger partial charge in [0, 0.05) is 24.6 Å². The first kappa shape index (κ1) is 21.5. The Balaban J connectivity index is 2.10. The topological polar surface area (TPSA) is 60.8 Å². The van der Waals surface area contributed by atoms with Gasteiger partial charge >= 0.3 is 0 Å². The molecule has 1 saturated heterocycles. The molecule has 0 aromatic heterocycles. The molecule has 1 fully saturated rings. The Bertz CT molecular complexity index is 820. The number of amides is 1. The van der Waals surface area contributed by atoms with Crippen LogP contribution in [-0.2, 0) is 6.42 Å². The first-order valence-corrected chi connectivity index (χ1v) is 11.0. The number of nitrogens with zero attached hydrogens (tertiary/aromatic N) is 1. The maximum Gasteiger partial charge on any atom is 0.257 e. The molecular weight excluding hydrogens is 362 g/mol. The lowest BCUT2D eigenvalue weighted by Crippen LogP contribution is -2.42. The van der Waals surface area contributed by atoms with E-state index in [1.54, 1.807) is 11.0 Å². The van der Waals surface area contributed by atoms with Gasteiger partial charge in [0.1, 0.15) is 11.5 Å². The van der Waals surface area contributed by atoms with Gasteiger partial charge in [-0.05, 0) is 63.5 Å². The minimum Gasteiger partial charge on any atom is -0.507 e. The standard InChI is InChI=1S/C25H35NO3/c1-5-6-7-9-18-15-21(27)23(20-14-17(4)10-11-19(20)16(2)3)24(28)22(18)25(29)26-12-8-13-26/h14-15,19-20,27-28H,2,5-13H2,1,3-4H3. The molecule has 0 spiro atoms. The van der Waals surface area contributed by atoms with Gasteiger partial charge in [0.25, 0.3) is 5.91 Å². The highest BCUT2D eigenvalue weighted by atomic mass is 16.3. The molecule has 1 aromatic carbocycles. The molecule has 0 radical (unpaired) electrons. The molecule has 3 rings (SSSR count). The third-order valence-electron chi connectivity index (χ3n) is 6.52. The lowest BCUT2D eigenvalue weighted by Gasteiger charge is -2.34. The molecule has 1 aliphatic carbocycles. The van der Waals surface area contributed by atoms with Crippen LogP contribution in [0.5, 0.6) is 11.5 Å². The second kappa shape index (κ2) is 9.06. The van der Waals surface area contributed by atoms with Gasteiger partial charge < -0.3 is 15.1 Å². The molecule has 4 nitrogen and oxygen atoms in total. The zero-order chi connectivity index (χ0) is 21.1. The van der Waals surface area contributed by atoms with Crippen LogP contribution in [0.3, 0.4) is 0 Å². The number of likely N-dealkylation sites (tertiary alicyclic amines) is 1. The van der Waals surface area contributed by atoms with Crippen LogP contribution in [0.1, 0.15) is 86.7 Å². The molecule has 4 heteroatoms. The third kappa shape index (κ3) is 4.36. The summed E-state index contributed by atoms with van der Waals surface area (Å²) in [5.74, 6) is -0.0564. The number of unbranched alkanes of at least 4 members (excludes halogenated alkanes) is 2. The number of carbonyl (C=O) groups excluding carboxylic acids is 1. The Kier molecular flexibility index (Phi) is 6.71. The van der Waals surface area contributed by atoms with Gasteiger partial charge in [0.05, 0.1) is 5.56 Å². The Labute approximate surface area is 174 Å². The van der Waals surface area contributed by atoms with Crippen molar-refractivity contribution in [1.82, 2.24) is 4.90 Å². The largest absolute Gasteiger partial charge is 0.507 e. The predicted octanol–water partition coefficient (Wildman–Crippen LogP) is 5.69. The van der Waals surface area contributed by atoms with Crippen molar-refractivity contribution in [3.63, 3.8) is 0 Å². The van der Waals surface area contributed by atoms with Crippen molar-refractivity contribution >= 4 is 5.91 Å². The van der Waals surface area contributed by atoms with Crippen LogP contribution in [0.4, 0.5) is 0 Å². The van der Waals surface area contributed by atoms with E-state index >= 15 is 0 Å². The molecular formula is C25H35NO3. The molecule has 1 aromatic rings. The average molecular weight is 398 g/mol. The maximum atomic E-state index is 13.2. The number of phenols is 2. The van der Waals surface area contributed by atoms with E-state index in [2.05, 4.69) is 26.5 Å². The Morgan fingerprint density at radius 2 is 2.00 bits per heavy atom. The molecule has 0 saturated carbocycles. The second-order valence-corrected chi connectivity index (χ2v) is 8.83. The number of allylic oxidation sites excluding steroid dienone is 3. The molecule has 1 heterocycles. The van der Waals surface area contributed by atoms with Crippen LogP contribution in [-0.4, -0.2) is 34.1 Å². The van der Waals surface area contributed by atoms with Gasteiger partial charge in [-0.25, -0.2) is 0 Å². The molecule has 2 atom stereocenters. The summed E-state index contributed by atoms with van der Waals surface area (Å²) in [6.07, 6.45) is 8.83. The summed E-state index contributed by atoms with van der Waals surface area (Å²) in [4.78, 5) is 15.0. The van der Waals surface area contributed by atoms with Crippen molar-refractivity contribution in [3.05, 3.63) is 46.6 Å². The fourth-order valence-electron chi connectivity index (χ4n) is 4.64. The molecule has 2 unspecified atom stereocenters. The van der Waals surface area contributed by atoms with Crippen molar-refractivity contribution < 1.29 is 15.0 Å². The highest BCUT2D eigenvalue weighted by molar-refractivity contribution is 5.99. The van der Waals surface area contributed by atoms with E-state index in [0.717, 1.165) is 62.8 Å². The second-order valence-electron chi connectivity index (χ2n) is 8.83. The zero-order valence-corrected chi connectivity index (χ0v) is 18.1. The van der Waals surface area contributed by atoms with Crippen LogP contribution in [0.15, 0.2) is 29.9 Å². The average Bonchev–Trinajstić information content (AvgIpc) is 2.60. The Hall–Kier alpha value is -2.23. The SMILES string of the molecule is C=C(C)C1CCC(C)=CC1c1c(O)cc(CCCCC)c(C(=O)N2CCC2)c1O. The molecule has 29 heavy (non-hydrogen) atoms. The maximum absolute atomic E-state index is 13.2. The first-order valence-electron chi connectivity index (χ1n) is 11.0. The van der Waals surface area contributed by atoms with Crippen LogP contribution in [0.2, 0.25) is 0 Å². The first-order chi connectivity index (χ1) is 13.8. The van der Waals surface area contributed by atoms with E-state index in [9.17, 15) is 15.0 Å². The predicted molar refractivity (Wildman–Crippen MR) is 118 cm³/mol. The fraction of sp³-hybridized carbons (Fsp3) is 0.560. The highest BCUT2D eigenvalue weighted by Crippen LogP contribution is 2.48. The van der Waals surface area contributed by atoms with Gasteiger partial charge in [-0.2, -0.15) is 0 Å². The minimum atomic E-state index is -0.158. The van der Waals surface area contributed by atoms with E-state index in [0.29, 0.717) is 17.5 Å². The number of rotatable bonds is 7.